The van der Waals surface area contributed by atoms with Gasteiger partial charge in [-0.3, -0.25) is 4.79 Å². The van der Waals surface area contributed by atoms with Gasteiger partial charge >= 0.3 is 0 Å². The molecule has 0 unspecified atom stereocenters. The average Bonchev–Trinajstić information content (AvgIpc) is 3.12. The van der Waals surface area contributed by atoms with Crippen LogP contribution in [0.3, 0.4) is 0 Å². The molecule has 0 fully saturated rings. The third-order valence-corrected chi connectivity index (χ3v) is 4.43. The minimum absolute atomic E-state index is 0.0277. The van der Waals surface area contributed by atoms with Crippen LogP contribution in [0, 0.1) is 0 Å². The molecule has 0 saturated heterocycles. The number of hydrogen-bond donors (Lipinski definition) is 0. The lowest BCUT2D eigenvalue weighted by atomic mass is 10.0. The van der Waals surface area contributed by atoms with Crippen molar-refractivity contribution in [3.63, 3.8) is 0 Å². The number of fused-ring (bicyclic) bond motifs is 1. The van der Waals surface area contributed by atoms with Crippen molar-refractivity contribution in [2.24, 2.45) is 0 Å². The van der Waals surface area contributed by atoms with Crippen LogP contribution >= 0.6 is 0 Å². The predicted octanol–water partition coefficient (Wildman–Crippen LogP) is 3.97. The zero-order valence-corrected chi connectivity index (χ0v) is 15.5. The van der Waals surface area contributed by atoms with Crippen molar-refractivity contribution in [3.8, 4) is 17.2 Å². The van der Waals surface area contributed by atoms with Crippen LogP contribution in [0.4, 0.5) is 0 Å². The second-order valence-electron chi connectivity index (χ2n) is 6.61. The van der Waals surface area contributed by atoms with Crippen molar-refractivity contribution >= 4 is 5.91 Å². The van der Waals surface area contributed by atoms with Crippen molar-refractivity contribution in [1.82, 2.24) is 4.90 Å². The molecule has 0 spiro atoms. The summed E-state index contributed by atoms with van der Waals surface area (Å²) in [6, 6.07) is 13.7. The Kier molecular flexibility index (Phi) is 5.66. The molecule has 0 N–H and O–H groups in total. The van der Waals surface area contributed by atoms with E-state index in [1.54, 1.807) is 4.90 Å². The lowest BCUT2D eigenvalue weighted by Crippen LogP contribution is -2.34. The van der Waals surface area contributed by atoms with Gasteiger partial charge < -0.3 is 19.1 Å². The van der Waals surface area contributed by atoms with E-state index in [0.717, 1.165) is 22.8 Å². The maximum atomic E-state index is 12.5. The van der Waals surface area contributed by atoms with Gasteiger partial charge in [0.15, 0.2) is 18.1 Å². The summed E-state index contributed by atoms with van der Waals surface area (Å²) in [4.78, 5) is 14.3. The summed E-state index contributed by atoms with van der Waals surface area (Å²) in [7, 11) is 0. The molecule has 0 bridgehead atoms. The van der Waals surface area contributed by atoms with Gasteiger partial charge in [0.2, 0.25) is 6.79 Å². The molecule has 5 nitrogen and oxygen atoms in total. The third kappa shape index (κ3) is 4.28. The number of amides is 1. The van der Waals surface area contributed by atoms with E-state index in [9.17, 15) is 4.79 Å². The van der Waals surface area contributed by atoms with Crippen molar-refractivity contribution in [3.05, 3.63) is 53.6 Å². The number of nitrogens with zero attached hydrogens (tertiary/aromatic N) is 1. The molecule has 26 heavy (non-hydrogen) atoms. The first-order valence-electron chi connectivity index (χ1n) is 8.96. The molecule has 0 radical (unpaired) electrons. The van der Waals surface area contributed by atoms with E-state index < -0.39 is 0 Å². The topological polar surface area (TPSA) is 48.0 Å². The van der Waals surface area contributed by atoms with E-state index >= 15 is 0 Å². The highest BCUT2D eigenvalue weighted by atomic mass is 16.7. The average molecular weight is 355 g/mol. The second kappa shape index (κ2) is 8.13. The third-order valence-electron chi connectivity index (χ3n) is 4.43. The standard InChI is InChI=1S/C21H25NO4/c1-4-22(12-16-8-9-19-20(10-16)26-14-25-19)21(23)13-24-18-7-5-6-17(11-18)15(2)3/h5-11,15H,4,12-14H2,1-3H3. The molecule has 0 saturated carbocycles. The summed E-state index contributed by atoms with van der Waals surface area (Å²) in [5.41, 5.74) is 2.20. The summed E-state index contributed by atoms with van der Waals surface area (Å²) in [6.45, 7) is 7.63. The quantitative estimate of drug-likeness (QED) is 0.754. The van der Waals surface area contributed by atoms with Crippen LogP contribution in [-0.2, 0) is 11.3 Å². The molecule has 1 heterocycles. The highest BCUT2D eigenvalue weighted by Crippen LogP contribution is 2.32. The monoisotopic (exact) mass is 355 g/mol. The second-order valence-corrected chi connectivity index (χ2v) is 6.61. The van der Waals surface area contributed by atoms with Crippen LogP contribution in [0.5, 0.6) is 17.2 Å². The molecule has 0 aliphatic carbocycles. The highest BCUT2D eigenvalue weighted by Gasteiger charge is 2.17. The maximum Gasteiger partial charge on any atom is 0.260 e. The zero-order valence-electron chi connectivity index (χ0n) is 15.5. The molecular formula is C21H25NO4. The summed E-state index contributed by atoms with van der Waals surface area (Å²) in [6.07, 6.45) is 0. The highest BCUT2D eigenvalue weighted by molar-refractivity contribution is 5.77. The van der Waals surface area contributed by atoms with Gasteiger partial charge in [0.05, 0.1) is 0 Å². The number of likely N-dealkylation sites (N-methyl/N-ethyl adjacent to an activating group) is 1. The minimum atomic E-state index is -0.0416. The number of ether oxygens (including phenoxy) is 3. The van der Waals surface area contributed by atoms with Crippen LogP contribution in [0.2, 0.25) is 0 Å². The molecule has 1 aliphatic rings. The lowest BCUT2D eigenvalue weighted by molar-refractivity contribution is -0.133. The van der Waals surface area contributed by atoms with Gasteiger partial charge in [-0.2, -0.15) is 0 Å². The number of rotatable bonds is 7. The SMILES string of the molecule is CCN(Cc1ccc2c(c1)OCO2)C(=O)COc1cccc(C(C)C)c1. The van der Waals surface area contributed by atoms with Crippen LogP contribution in [0.1, 0.15) is 37.8 Å². The van der Waals surface area contributed by atoms with E-state index in [1.165, 1.54) is 5.56 Å². The van der Waals surface area contributed by atoms with Gasteiger partial charge in [-0.05, 0) is 48.2 Å². The van der Waals surface area contributed by atoms with Crippen molar-refractivity contribution < 1.29 is 19.0 Å². The fourth-order valence-electron chi connectivity index (χ4n) is 2.84. The Labute approximate surface area is 154 Å². The zero-order chi connectivity index (χ0) is 18.5. The molecule has 2 aromatic carbocycles. The molecule has 0 aromatic heterocycles. The van der Waals surface area contributed by atoms with Gasteiger partial charge in [-0.25, -0.2) is 0 Å². The molecule has 5 heteroatoms. The van der Waals surface area contributed by atoms with E-state index in [2.05, 4.69) is 19.9 Å². The predicted molar refractivity (Wildman–Crippen MR) is 99.7 cm³/mol. The smallest absolute Gasteiger partial charge is 0.260 e. The van der Waals surface area contributed by atoms with Crippen molar-refractivity contribution in [2.45, 2.75) is 33.2 Å². The minimum Gasteiger partial charge on any atom is -0.484 e. The molecule has 138 valence electrons. The van der Waals surface area contributed by atoms with Crippen LogP contribution in [0.25, 0.3) is 0 Å². The van der Waals surface area contributed by atoms with Gasteiger partial charge in [0, 0.05) is 13.1 Å². The number of hydrogen-bond acceptors (Lipinski definition) is 4. The molecule has 1 aliphatic heterocycles. The summed E-state index contributed by atoms with van der Waals surface area (Å²) >= 11 is 0. The van der Waals surface area contributed by atoms with E-state index in [4.69, 9.17) is 14.2 Å². The maximum absolute atomic E-state index is 12.5. The summed E-state index contributed by atoms with van der Waals surface area (Å²) < 4.78 is 16.4. The Balaban J connectivity index is 1.59. The first-order chi connectivity index (χ1) is 12.6. The number of carbonyl (C=O) groups excluding carboxylic acids is 1. The Morgan fingerprint density at radius 1 is 1.15 bits per heavy atom. The van der Waals surface area contributed by atoms with Gasteiger partial charge in [0.25, 0.3) is 5.91 Å². The van der Waals surface area contributed by atoms with Crippen molar-refractivity contribution in [2.75, 3.05) is 19.9 Å². The molecule has 0 atom stereocenters. The Morgan fingerprint density at radius 3 is 2.73 bits per heavy atom. The number of benzene rings is 2. The van der Waals surface area contributed by atoms with Crippen molar-refractivity contribution in [1.29, 1.82) is 0 Å². The lowest BCUT2D eigenvalue weighted by Gasteiger charge is -2.21. The fourth-order valence-corrected chi connectivity index (χ4v) is 2.84. The van der Waals surface area contributed by atoms with Crippen LogP contribution in [-0.4, -0.2) is 30.8 Å². The van der Waals surface area contributed by atoms with Gasteiger partial charge in [-0.15, -0.1) is 0 Å². The fraction of sp³-hybridized carbons (Fsp3) is 0.381. The summed E-state index contributed by atoms with van der Waals surface area (Å²) in [5, 5.41) is 0. The first kappa shape index (κ1) is 18.1. The largest absolute Gasteiger partial charge is 0.484 e. The van der Waals surface area contributed by atoms with Crippen LogP contribution < -0.4 is 14.2 Å². The number of carbonyl (C=O) groups is 1. The normalized spacial score (nSPS) is 12.3. The molecule has 2 aromatic rings. The van der Waals surface area contributed by atoms with E-state index in [0.29, 0.717) is 19.0 Å². The summed E-state index contributed by atoms with van der Waals surface area (Å²) in [5.74, 6) is 2.58. The molecule has 1 amide bonds. The molecule has 3 rings (SSSR count). The Bertz CT molecular complexity index is 772. The van der Waals surface area contributed by atoms with E-state index in [1.807, 2.05) is 43.3 Å². The molecular weight excluding hydrogens is 330 g/mol. The Morgan fingerprint density at radius 2 is 1.96 bits per heavy atom. The van der Waals surface area contributed by atoms with E-state index in [-0.39, 0.29) is 19.3 Å². The Hall–Kier alpha value is -2.69. The van der Waals surface area contributed by atoms with Gasteiger partial charge in [-0.1, -0.05) is 32.0 Å². The first-order valence-corrected chi connectivity index (χ1v) is 8.96. The van der Waals surface area contributed by atoms with Crippen LogP contribution in [0.15, 0.2) is 42.5 Å². The van der Waals surface area contributed by atoms with Gasteiger partial charge in [0.1, 0.15) is 5.75 Å².